The molecule has 0 aromatic carbocycles. The molecule has 8 heteroatoms. The van der Waals surface area contributed by atoms with Crippen LogP contribution in [0, 0.1) is 40.4 Å². The molecule has 1 aliphatic heterocycles. The second-order valence-corrected chi connectivity index (χ2v) is 13.8. The summed E-state index contributed by atoms with van der Waals surface area (Å²) in [4.78, 5) is 13.4. The molecule has 1 heterocycles. The maximum absolute atomic E-state index is 13.4. The fraction of sp³-hybridized carbons (Fsp3) is 0.897. The van der Waals surface area contributed by atoms with E-state index in [4.69, 9.17) is 4.74 Å². The van der Waals surface area contributed by atoms with Gasteiger partial charge in [-0.05, 0) is 60.5 Å². The number of hydrogen-bond donors (Lipinski definition) is 6. The molecule has 1 saturated heterocycles. The first-order valence-corrected chi connectivity index (χ1v) is 14.2. The zero-order chi connectivity index (χ0) is 27.3. The number of allylic oxidation sites excluding steroid dienone is 1. The van der Waals surface area contributed by atoms with Crippen molar-refractivity contribution in [2.45, 2.75) is 115 Å². The van der Waals surface area contributed by atoms with Gasteiger partial charge < -0.3 is 35.4 Å². The van der Waals surface area contributed by atoms with Gasteiger partial charge in [-0.2, -0.15) is 0 Å². The molecule has 0 aromatic rings. The van der Waals surface area contributed by atoms with Crippen LogP contribution in [-0.4, -0.2) is 84.8 Å². The first-order chi connectivity index (χ1) is 17.2. The summed E-state index contributed by atoms with van der Waals surface area (Å²) in [6, 6.07) is 0. The Bertz CT molecular complexity index is 966. The molecule has 210 valence electrons. The number of aliphatic hydroxyl groups is 6. The zero-order valence-corrected chi connectivity index (χ0v) is 22.8. The van der Waals surface area contributed by atoms with Crippen LogP contribution >= 0.6 is 0 Å². The van der Waals surface area contributed by atoms with E-state index in [9.17, 15) is 35.4 Å². The zero-order valence-electron chi connectivity index (χ0n) is 22.8. The minimum absolute atomic E-state index is 0.0255. The molecule has 0 radical (unpaired) electrons. The number of ether oxygens (including phenoxy) is 1. The van der Waals surface area contributed by atoms with Crippen molar-refractivity contribution in [3.63, 3.8) is 0 Å². The standard InChI is InChI=1S/C29H46O8/c1-14(2)15(3)23(34)25-28(35,8-9-30)24-22(37-25)13-29(36)17-10-19(31)18-11-20(32)21(33)12-26(18,4)16(17)6-7-27(24,29)5/h10,14-16,18,20-25,30,32-36H,6-9,11-13H2,1-5H3. The molecule has 6 N–H and O–H groups in total. The molecule has 0 spiro atoms. The first kappa shape index (κ1) is 27.7. The second-order valence-electron chi connectivity index (χ2n) is 13.8. The molecule has 0 amide bonds. The van der Waals surface area contributed by atoms with Gasteiger partial charge in [0.2, 0.25) is 0 Å². The molecule has 4 fully saturated rings. The Morgan fingerprint density at radius 1 is 1.08 bits per heavy atom. The van der Waals surface area contributed by atoms with Gasteiger partial charge >= 0.3 is 0 Å². The van der Waals surface area contributed by atoms with Crippen LogP contribution in [0.3, 0.4) is 0 Å². The van der Waals surface area contributed by atoms with Crippen LogP contribution in [0.2, 0.25) is 0 Å². The smallest absolute Gasteiger partial charge is 0.159 e. The molecule has 4 aliphatic carbocycles. The van der Waals surface area contributed by atoms with Crippen molar-refractivity contribution in [1.82, 2.24) is 0 Å². The van der Waals surface area contributed by atoms with E-state index in [1.54, 1.807) is 6.08 Å². The van der Waals surface area contributed by atoms with E-state index in [-0.39, 0.29) is 49.4 Å². The van der Waals surface area contributed by atoms with Gasteiger partial charge in [-0.15, -0.1) is 0 Å². The Labute approximate surface area is 219 Å². The summed E-state index contributed by atoms with van der Waals surface area (Å²) < 4.78 is 6.42. The summed E-state index contributed by atoms with van der Waals surface area (Å²) in [5.74, 6) is -1.18. The number of carbonyl (C=O) groups is 1. The molecule has 13 unspecified atom stereocenters. The van der Waals surface area contributed by atoms with E-state index in [0.29, 0.717) is 24.8 Å². The van der Waals surface area contributed by atoms with Gasteiger partial charge in [0.1, 0.15) is 11.7 Å². The summed E-state index contributed by atoms with van der Waals surface area (Å²) in [6.45, 7) is 9.64. The lowest BCUT2D eigenvalue weighted by Gasteiger charge is -2.60. The highest BCUT2D eigenvalue weighted by molar-refractivity contribution is 5.95. The third-order valence-corrected chi connectivity index (χ3v) is 11.9. The predicted octanol–water partition coefficient (Wildman–Crippen LogP) is 1.33. The largest absolute Gasteiger partial charge is 0.396 e. The number of rotatable bonds is 5. The van der Waals surface area contributed by atoms with Crippen molar-refractivity contribution in [2.75, 3.05) is 6.61 Å². The molecular weight excluding hydrogens is 476 g/mol. The minimum Gasteiger partial charge on any atom is -0.396 e. The molecule has 37 heavy (non-hydrogen) atoms. The van der Waals surface area contributed by atoms with Crippen LogP contribution < -0.4 is 0 Å². The Kier molecular flexibility index (Phi) is 6.60. The van der Waals surface area contributed by atoms with Gasteiger partial charge in [-0.25, -0.2) is 0 Å². The van der Waals surface area contributed by atoms with Gasteiger partial charge in [0.05, 0.1) is 30.0 Å². The van der Waals surface area contributed by atoms with Gasteiger partial charge in [0, 0.05) is 36.7 Å². The van der Waals surface area contributed by atoms with Gasteiger partial charge in [-0.1, -0.05) is 34.6 Å². The Morgan fingerprint density at radius 3 is 2.38 bits per heavy atom. The Morgan fingerprint density at radius 2 is 1.76 bits per heavy atom. The average molecular weight is 523 g/mol. The third-order valence-electron chi connectivity index (χ3n) is 11.9. The highest BCUT2D eigenvalue weighted by Gasteiger charge is 2.76. The number of fused-ring (bicyclic) bond motifs is 7. The van der Waals surface area contributed by atoms with Gasteiger partial charge in [0.25, 0.3) is 0 Å². The van der Waals surface area contributed by atoms with Crippen LogP contribution in [0.1, 0.15) is 73.1 Å². The lowest BCUT2D eigenvalue weighted by molar-refractivity contribution is -0.183. The quantitative estimate of drug-likeness (QED) is 0.317. The summed E-state index contributed by atoms with van der Waals surface area (Å²) >= 11 is 0. The van der Waals surface area contributed by atoms with Crippen LogP contribution in [0.25, 0.3) is 0 Å². The minimum atomic E-state index is -1.54. The third kappa shape index (κ3) is 3.56. The van der Waals surface area contributed by atoms with Crippen molar-refractivity contribution >= 4 is 5.78 Å². The average Bonchev–Trinajstić information content (AvgIpc) is 3.23. The van der Waals surface area contributed by atoms with Crippen molar-refractivity contribution in [2.24, 2.45) is 40.4 Å². The fourth-order valence-corrected chi connectivity index (χ4v) is 9.40. The summed E-state index contributed by atoms with van der Waals surface area (Å²) in [7, 11) is 0. The molecule has 8 nitrogen and oxygen atoms in total. The normalized spacial score (nSPS) is 52.7. The lowest BCUT2D eigenvalue weighted by Crippen LogP contribution is -2.63. The number of aliphatic hydroxyl groups excluding tert-OH is 4. The van der Waals surface area contributed by atoms with Crippen LogP contribution in [0.15, 0.2) is 11.6 Å². The molecule has 5 aliphatic rings. The van der Waals surface area contributed by atoms with Crippen molar-refractivity contribution in [1.29, 1.82) is 0 Å². The Balaban J connectivity index is 1.55. The molecule has 0 aromatic heterocycles. The van der Waals surface area contributed by atoms with Gasteiger partial charge in [0.15, 0.2) is 5.78 Å². The molecule has 5 rings (SSSR count). The number of ketones is 1. The first-order valence-electron chi connectivity index (χ1n) is 14.2. The van der Waals surface area contributed by atoms with Crippen LogP contribution in [0.5, 0.6) is 0 Å². The van der Waals surface area contributed by atoms with E-state index < -0.39 is 64.4 Å². The predicted molar refractivity (Wildman–Crippen MR) is 135 cm³/mol. The van der Waals surface area contributed by atoms with E-state index in [2.05, 4.69) is 0 Å². The van der Waals surface area contributed by atoms with E-state index in [1.165, 1.54) is 0 Å². The lowest BCUT2D eigenvalue weighted by atomic mass is 9.45. The monoisotopic (exact) mass is 522 g/mol. The second kappa shape index (κ2) is 8.82. The topological polar surface area (TPSA) is 148 Å². The summed E-state index contributed by atoms with van der Waals surface area (Å²) in [6.07, 6.45) is -0.652. The van der Waals surface area contributed by atoms with Crippen molar-refractivity contribution in [3.8, 4) is 0 Å². The van der Waals surface area contributed by atoms with E-state index in [0.717, 1.165) is 0 Å². The molecule has 13 atom stereocenters. The number of hydrogen-bond acceptors (Lipinski definition) is 8. The molecule has 3 saturated carbocycles. The summed E-state index contributed by atoms with van der Waals surface area (Å²) in [5, 5.41) is 66.7. The van der Waals surface area contributed by atoms with Crippen LogP contribution in [0.4, 0.5) is 0 Å². The Hall–Kier alpha value is -0.870. The highest BCUT2D eigenvalue weighted by Crippen LogP contribution is 2.71. The van der Waals surface area contributed by atoms with Crippen molar-refractivity contribution in [3.05, 3.63) is 11.6 Å². The molecule has 0 bridgehead atoms. The molecular formula is C29H46O8. The highest BCUT2D eigenvalue weighted by atomic mass is 16.5. The van der Waals surface area contributed by atoms with E-state index >= 15 is 0 Å². The van der Waals surface area contributed by atoms with Crippen LogP contribution in [-0.2, 0) is 9.53 Å². The van der Waals surface area contributed by atoms with Gasteiger partial charge in [-0.3, -0.25) is 4.79 Å². The maximum atomic E-state index is 13.4. The maximum Gasteiger partial charge on any atom is 0.159 e. The fourth-order valence-electron chi connectivity index (χ4n) is 9.40. The van der Waals surface area contributed by atoms with Crippen molar-refractivity contribution < 1.29 is 40.2 Å². The summed E-state index contributed by atoms with van der Waals surface area (Å²) in [5.41, 5.74) is -3.70. The SMILES string of the molecule is CC(C)C(C)C(O)C1OC2CC3(O)C4=CC(=O)C5CC(O)C(O)CC5(C)C4CCC3(C)C2C1(O)CCO. The van der Waals surface area contributed by atoms with E-state index in [1.807, 2.05) is 34.6 Å². The number of carbonyl (C=O) groups excluding carboxylic acids is 1.